The number of carbonyl (C=O) groups excluding carboxylic acids is 1. The van der Waals surface area contributed by atoms with Gasteiger partial charge in [-0.2, -0.15) is 0 Å². The van der Waals surface area contributed by atoms with Crippen molar-refractivity contribution < 1.29 is 13.9 Å². The Morgan fingerprint density at radius 3 is 2.57 bits per heavy atom. The molecule has 0 saturated carbocycles. The SMILES string of the molecule is COc1ccc(CCC(=O)N(C)Cc2cc(Br)ccc2F)cc1. The molecule has 0 unspecified atom stereocenters. The van der Waals surface area contributed by atoms with Gasteiger partial charge in [-0.05, 0) is 42.3 Å². The lowest BCUT2D eigenvalue weighted by molar-refractivity contribution is -0.130. The van der Waals surface area contributed by atoms with Gasteiger partial charge in [0, 0.05) is 30.0 Å². The molecule has 23 heavy (non-hydrogen) atoms. The first-order valence-corrected chi connectivity index (χ1v) is 8.09. The van der Waals surface area contributed by atoms with Gasteiger partial charge in [0.25, 0.3) is 0 Å². The molecule has 0 N–H and O–H groups in total. The summed E-state index contributed by atoms with van der Waals surface area (Å²) in [5, 5.41) is 0. The number of methoxy groups -OCH3 is 1. The number of ether oxygens (including phenoxy) is 1. The number of hydrogen-bond donors (Lipinski definition) is 0. The van der Waals surface area contributed by atoms with Crippen LogP contribution in [0.4, 0.5) is 4.39 Å². The van der Waals surface area contributed by atoms with Gasteiger partial charge in [-0.15, -0.1) is 0 Å². The summed E-state index contributed by atoms with van der Waals surface area (Å²) in [7, 11) is 3.31. The van der Waals surface area contributed by atoms with Crippen LogP contribution in [-0.4, -0.2) is 25.0 Å². The Morgan fingerprint density at radius 2 is 1.91 bits per heavy atom. The first kappa shape index (κ1) is 17.5. The average Bonchev–Trinajstić information content (AvgIpc) is 2.56. The molecule has 0 spiro atoms. The fourth-order valence-electron chi connectivity index (χ4n) is 2.24. The fraction of sp³-hybridized carbons (Fsp3) is 0.278. The molecule has 3 nitrogen and oxygen atoms in total. The molecule has 1 amide bonds. The second kappa shape index (κ2) is 8.11. The molecule has 0 aromatic heterocycles. The lowest BCUT2D eigenvalue weighted by Gasteiger charge is -2.18. The standard InChI is InChI=1S/C18H19BrFNO2/c1-21(12-14-11-15(19)6-9-17(14)20)18(22)10-5-13-3-7-16(23-2)8-4-13/h3-4,6-9,11H,5,10,12H2,1-2H3. The molecule has 0 saturated heterocycles. The van der Waals surface area contributed by atoms with Crippen molar-refractivity contribution in [2.45, 2.75) is 19.4 Å². The summed E-state index contributed by atoms with van der Waals surface area (Å²) in [6.07, 6.45) is 1.03. The first-order valence-electron chi connectivity index (χ1n) is 7.30. The van der Waals surface area contributed by atoms with E-state index in [1.807, 2.05) is 24.3 Å². The van der Waals surface area contributed by atoms with Crippen LogP contribution in [0.3, 0.4) is 0 Å². The zero-order valence-corrected chi connectivity index (χ0v) is 14.8. The highest BCUT2D eigenvalue weighted by molar-refractivity contribution is 9.10. The molecule has 0 aliphatic rings. The van der Waals surface area contributed by atoms with Crippen LogP contribution < -0.4 is 4.74 Å². The van der Waals surface area contributed by atoms with Crippen molar-refractivity contribution in [2.75, 3.05) is 14.2 Å². The Morgan fingerprint density at radius 1 is 1.22 bits per heavy atom. The minimum Gasteiger partial charge on any atom is -0.497 e. The van der Waals surface area contributed by atoms with Crippen molar-refractivity contribution in [3.05, 3.63) is 63.9 Å². The topological polar surface area (TPSA) is 29.5 Å². The van der Waals surface area contributed by atoms with E-state index >= 15 is 0 Å². The van der Waals surface area contributed by atoms with E-state index in [1.165, 1.54) is 6.07 Å². The number of amides is 1. The Bertz CT molecular complexity index is 673. The third-order valence-corrected chi connectivity index (χ3v) is 4.12. The third-order valence-electron chi connectivity index (χ3n) is 3.63. The molecule has 0 bridgehead atoms. The molecule has 122 valence electrons. The number of aryl methyl sites for hydroxylation is 1. The van der Waals surface area contributed by atoms with Gasteiger partial charge < -0.3 is 9.64 Å². The normalized spacial score (nSPS) is 10.4. The second-order valence-corrected chi connectivity index (χ2v) is 6.25. The summed E-state index contributed by atoms with van der Waals surface area (Å²) in [5.41, 5.74) is 1.57. The molecule has 2 rings (SSSR count). The predicted molar refractivity (Wildman–Crippen MR) is 91.9 cm³/mol. The van der Waals surface area contributed by atoms with Crippen LogP contribution in [0.25, 0.3) is 0 Å². The molecule has 0 heterocycles. The summed E-state index contributed by atoms with van der Waals surface area (Å²) in [6.45, 7) is 0.257. The number of benzene rings is 2. The van der Waals surface area contributed by atoms with Gasteiger partial charge in [0.1, 0.15) is 11.6 Å². The Balaban J connectivity index is 1.90. The van der Waals surface area contributed by atoms with E-state index in [0.29, 0.717) is 18.4 Å². The minimum atomic E-state index is -0.303. The summed E-state index contributed by atoms with van der Waals surface area (Å²) in [4.78, 5) is 13.8. The monoisotopic (exact) mass is 379 g/mol. The minimum absolute atomic E-state index is 0.0137. The zero-order valence-electron chi connectivity index (χ0n) is 13.2. The summed E-state index contributed by atoms with van der Waals surface area (Å²) < 4.78 is 19.6. The van der Waals surface area contributed by atoms with E-state index in [1.54, 1.807) is 31.2 Å². The lowest BCUT2D eigenvalue weighted by atomic mass is 10.1. The molecule has 2 aromatic carbocycles. The van der Waals surface area contributed by atoms with Gasteiger partial charge in [-0.1, -0.05) is 28.1 Å². The quantitative estimate of drug-likeness (QED) is 0.752. The number of rotatable bonds is 6. The molecule has 0 radical (unpaired) electrons. The van der Waals surface area contributed by atoms with Crippen molar-refractivity contribution >= 4 is 21.8 Å². The van der Waals surface area contributed by atoms with Gasteiger partial charge in [0.2, 0.25) is 5.91 Å². The summed E-state index contributed by atoms with van der Waals surface area (Å²) in [6, 6.07) is 12.4. The molecule has 0 atom stereocenters. The largest absolute Gasteiger partial charge is 0.497 e. The van der Waals surface area contributed by atoms with Crippen LogP contribution >= 0.6 is 15.9 Å². The number of halogens is 2. The van der Waals surface area contributed by atoms with Gasteiger partial charge in [0.05, 0.1) is 7.11 Å². The number of nitrogens with zero attached hydrogens (tertiary/aromatic N) is 1. The highest BCUT2D eigenvalue weighted by Gasteiger charge is 2.12. The zero-order chi connectivity index (χ0) is 16.8. The molecular formula is C18H19BrFNO2. The van der Waals surface area contributed by atoms with Crippen LogP contribution in [0, 0.1) is 5.82 Å². The van der Waals surface area contributed by atoms with Crippen LogP contribution in [0.2, 0.25) is 0 Å². The Hall–Kier alpha value is -1.88. The van der Waals surface area contributed by atoms with E-state index < -0.39 is 0 Å². The maximum Gasteiger partial charge on any atom is 0.222 e. The summed E-state index contributed by atoms with van der Waals surface area (Å²) in [5.74, 6) is 0.477. The highest BCUT2D eigenvalue weighted by Crippen LogP contribution is 2.18. The Kier molecular flexibility index (Phi) is 6.16. The van der Waals surface area contributed by atoms with Crippen LogP contribution in [0.1, 0.15) is 17.5 Å². The van der Waals surface area contributed by atoms with E-state index in [9.17, 15) is 9.18 Å². The number of carbonyl (C=O) groups is 1. The van der Waals surface area contributed by atoms with E-state index in [2.05, 4.69) is 15.9 Å². The summed E-state index contributed by atoms with van der Waals surface area (Å²) >= 11 is 3.32. The number of hydrogen-bond acceptors (Lipinski definition) is 2. The second-order valence-electron chi connectivity index (χ2n) is 5.33. The molecule has 0 aliphatic carbocycles. The molecule has 5 heteroatoms. The Labute approximate surface area is 144 Å². The molecule has 0 fully saturated rings. The van der Waals surface area contributed by atoms with E-state index in [4.69, 9.17) is 4.74 Å². The van der Waals surface area contributed by atoms with Crippen molar-refractivity contribution in [1.29, 1.82) is 0 Å². The van der Waals surface area contributed by atoms with Crippen LogP contribution in [0.15, 0.2) is 46.9 Å². The highest BCUT2D eigenvalue weighted by atomic mass is 79.9. The lowest BCUT2D eigenvalue weighted by Crippen LogP contribution is -2.26. The molecular weight excluding hydrogens is 361 g/mol. The van der Waals surface area contributed by atoms with E-state index in [0.717, 1.165) is 15.8 Å². The third kappa shape index (κ3) is 5.06. The predicted octanol–water partition coefficient (Wildman–Crippen LogP) is 4.19. The molecule has 0 aliphatic heterocycles. The van der Waals surface area contributed by atoms with Gasteiger partial charge in [0.15, 0.2) is 0 Å². The van der Waals surface area contributed by atoms with Crippen molar-refractivity contribution in [1.82, 2.24) is 4.90 Å². The van der Waals surface area contributed by atoms with Crippen molar-refractivity contribution in [2.24, 2.45) is 0 Å². The maximum atomic E-state index is 13.7. The molecule has 2 aromatic rings. The van der Waals surface area contributed by atoms with Gasteiger partial charge in [-0.25, -0.2) is 4.39 Å². The average molecular weight is 380 g/mol. The van der Waals surface area contributed by atoms with E-state index in [-0.39, 0.29) is 18.3 Å². The van der Waals surface area contributed by atoms with Crippen LogP contribution in [-0.2, 0) is 17.8 Å². The van der Waals surface area contributed by atoms with Crippen molar-refractivity contribution in [3.63, 3.8) is 0 Å². The maximum absolute atomic E-state index is 13.7. The first-order chi connectivity index (χ1) is 11.0. The van der Waals surface area contributed by atoms with Gasteiger partial charge in [-0.3, -0.25) is 4.79 Å². The fourth-order valence-corrected chi connectivity index (χ4v) is 2.65. The smallest absolute Gasteiger partial charge is 0.222 e. The van der Waals surface area contributed by atoms with Crippen molar-refractivity contribution in [3.8, 4) is 5.75 Å². The van der Waals surface area contributed by atoms with Crippen LogP contribution in [0.5, 0.6) is 5.75 Å². The van der Waals surface area contributed by atoms with Gasteiger partial charge >= 0.3 is 0 Å².